The first kappa shape index (κ1) is 30.2. The number of nitrogens with one attached hydrogen (secondary N) is 2. The number of carbonyl (C=O) groups is 1. The van der Waals surface area contributed by atoms with Crippen molar-refractivity contribution in [3.8, 4) is 0 Å². The molecule has 0 spiro atoms. The first-order chi connectivity index (χ1) is 22.1. The molecular formula is C38H49N5O2. The Morgan fingerprint density at radius 2 is 1.58 bits per heavy atom. The van der Waals surface area contributed by atoms with Crippen LogP contribution in [0.5, 0.6) is 0 Å². The standard InChI is InChI=1S/C38H49N5O2/c44-37(45)30-17-15-29(16-18-30)34(23-26-13-14-26)41-38-40-33-20-19-31(27-9-3-1-4-10-27)24-32(33)36(42-38)39-35(25-43-21-7-8-22-43)28-11-5-2-6-12-28/h1-6,9-12,26,29-31,34-35H,7-8,13-25H2,(H,44,45)(H2,39,40,41,42)/t29?,30?,31?,34?,35-/m0/s1. The van der Waals surface area contributed by atoms with Gasteiger partial charge in [-0.2, -0.15) is 4.98 Å². The summed E-state index contributed by atoms with van der Waals surface area (Å²) in [5, 5.41) is 17.4. The monoisotopic (exact) mass is 607 g/mol. The number of anilines is 2. The van der Waals surface area contributed by atoms with E-state index < -0.39 is 5.97 Å². The molecule has 3 aromatic rings. The largest absolute Gasteiger partial charge is 0.481 e. The van der Waals surface area contributed by atoms with Gasteiger partial charge in [0.1, 0.15) is 5.82 Å². The molecule has 2 aromatic carbocycles. The summed E-state index contributed by atoms with van der Waals surface area (Å²) in [6.45, 7) is 3.27. The van der Waals surface area contributed by atoms with Crippen molar-refractivity contribution < 1.29 is 9.90 Å². The van der Waals surface area contributed by atoms with Crippen LogP contribution in [0.1, 0.15) is 98.6 Å². The van der Waals surface area contributed by atoms with Crippen molar-refractivity contribution in [2.45, 2.75) is 95.1 Å². The molecule has 0 bridgehead atoms. The van der Waals surface area contributed by atoms with E-state index in [0.29, 0.717) is 11.8 Å². The molecule has 3 fully saturated rings. The molecule has 4 aliphatic rings. The fourth-order valence-corrected chi connectivity index (χ4v) is 8.13. The number of rotatable bonds is 12. The van der Waals surface area contributed by atoms with E-state index in [1.807, 2.05) is 0 Å². The number of aromatic nitrogens is 2. The molecule has 7 heteroatoms. The molecule has 7 nitrogen and oxygen atoms in total. The number of aryl methyl sites for hydroxylation is 1. The van der Waals surface area contributed by atoms with Gasteiger partial charge in [0.05, 0.1) is 17.7 Å². The molecular weight excluding hydrogens is 558 g/mol. The van der Waals surface area contributed by atoms with E-state index in [4.69, 9.17) is 9.97 Å². The van der Waals surface area contributed by atoms with Crippen LogP contribution in [0, 0.1) is 17.8 Å². The normalized spacial score (nSPS) is 24.8. The van der Waals surface area contributed by atoms with Crippen molar-refractivity contribution in [3.05, 3.63) is 83.0 Å². The number of aliphatic carboxylic acids is 1. The van der Waals surface area contributed by atoms with Gasteiger partial charge >= 0.3 is 5.97 Å². The molecule has 238 valence electrons. The second-order valence-electron chi connectivity index (χ2n) is 14.2. The van der Waals surface area contributed by atoms with Gasteiger partial charge in [-0.15, -0.1) is 0 Å². The van der Waals surface area contributed by atoms with E-state index in [1.54, 1.807) is 0 Å². The highest BCUT2D eigenvalue weighted by Crippen LogP contribution is 2.41. The maximum Gasteiger partial charge on any atom is 0.306 e. The smallest absolute Gasteiger partial charge is 0.306 e. The third-order valence-corrected chi connectivity index (χ3v) is 11.0. The average Bonchev–Trinajstić information content (AvgIpc) is 3.75. The highest BCUT2D eigenvalue weighted by molar-refractivity contribution is 5.70. The van der Waals surface area contributed by atoms with Crippen molar-refractivity contribution in [3.63, 3.8) is 0 Å². The van der Waals surface area contributed by atoms with Gasteiger partial charge in [0, 0.05) is 18.2 Å². The van der Waals surface area contributed by atoms with Crippen LogP contribution >= 0.6 is 0 Å². The van der Waals surface area contributed by atoms with Crippen LogP contribution in [-0.2, 0) is 17.6 Å². The number of fused-ring (bicyclic) bond motifs is 1. The maximum atomic E-state index is 11.7. The van der Waals surface area contributed by atoms with Crippen LogP contribution in [0.15, 0.2) is 60.7 Å². The summed E-state index contributed by atoms with van der Waals surface area (Å²) in [6.07, 6.45) is 12.7. The quantitative estimate of drug-likeness (QED) is 0.197. The summed E-state index contributed by atoms with van der Waals surface area (Å²) in [6, 6.07) is 22.2. The fourth-order valence-electron chi connectivity index (χ4n) is 8.13. The van der Waals surface area contributed by atoms with Gasteiger partial charge in [-0.25, -0.2) is 4.98 Å². The summed E-state index contributed by atoms with van der Waals surface area (Å²) in [4.78, 5) is 24.8. The summed E-state index contributed by atoms with van der Waals surface area (Å²) in [7, 11) is 0. The summed E-state index contributed by atoms with van der Waals surface area (Å²) >= 11 is 0. The van der Waals surface area contributed by atoms with Gasteiger partial charge in [-0.05, 0) is 106 Å². The van der Waals surface area contributed by atoms with Gasteiger partial charge in [-0.1, -0.05) is 73.5 Å². The van der Waals surface area contributed by atoms with Crippen molar-refractivity contribution in [1.29, 1.82) is 0 Å². The van der Waals surface area contributed by atoms with E-state index in [1.165, 1.54) is 48.1 Å². The lowest BCUT2D eigenvalue weighted by Gasteiger charge is -2.34. The Hall–Kier alpha value is -3.45. The minimum Gasteiger partial charge on any atom is -0.481 e. The zero-order valence-corrected chi connectivity index (χ0v) is 26.5. The minimum atomic E-state index is -0.635. The van der Waals surface area contributed by atoms with E-state index in [9.17, 15) is 9.90 Å². The predicted molar refractivity (Wildman–Crippen MR) is 180 cm³/mol. The number of hydrogen-bond acceptors (Lipinski definition) is 6. The topological polar surface area (TPSA) is 90.4 Å². The molecule has 3 N–H and O–H groups in total. The van der Waals surface area contributed by atoms with Crippen molar-refractivity contribution in [2.75, 3.05) is 30.3 Å². The van der Waals surface area contributed by atoms with Crippen molar-refractivity contribution in [1.82, 2.24) is 14.9 Å². The molecule has 1 aromatic heterocycles. The zero-order valence-electron chi connectivity index (χ0n) is 26.5. The molecule has 3 atom stereocenters. The number of carboxylic acids is 1. The Morgan fingerprint density at radius 3 is 2.27 bits per heavy atom. The Morgan fingerprint density at radius 1 is 0.867 bits per heavy atom. The second kappa shape index (κ2) is 13.9. The molecule has 3 aliphatic carbocycles. The molecule has 2 heterocycles. The van der Waals surface area contributed by atoms with Gasteiger partial charge in [-0.3, -0.25) is 4.79 Å². The zero-order chi connectivity index (χ0) is 30.6. The summed E-state index contributed by atoms with van der Waals surface area (Å²) in [5.74, 6) is 2.59. The molecule has 1 aliphatic heterocycles. The Balaban J connectivity index is 1.19. The number of hydrogen-bond donors (Lipinski definition) is 3. The van der Waals surface area contributed by atoms with E-state index in [0.717, 1.165) is 88.7 Å². The van der Waals surface area contributed by atoms with Crippen LogP contribution in [0.4, 0.5) is 11.8 Å². The van der Waals surface area contributed by atoms with Gasteiger partial charge < -0.3 is 20.6 Å². The SMILES string of the molecule is O=C(O)C1CCC(C(CC2CC2)Nc2nc3c(c(N[C@@H](CN4CCCC4)c4ccccc4)n2)CC(c2ccccc2)CC3)CC1. The number of nitrogens with zero attached hydrogens (tertiary/aromatic N) is 3. The highest BCUT2D eigenvalue weighted by Gasteiger charge is 2.35. The molecule has 7 rings (SSSR count). The predicted octanol–water partition coefficient (Wildman–Crippen LogP) is 7.47. The van der Waals surface area contributed by atoms with Crippen LogP contribution < -0.4 is 10.6 Å². The van der Waals surface area contributed by atoms with Crippen LogP contribution in [0.25, 0.3) is 0 Å². The highest BCUT2D eigenvalue weighted by atomic mass is 16.4. The number of likely N-dealkylation sites (tertiary alicyclic amines) is 1. The fraction of sp³-hybridized carbons (Fsp3) is 0.553. The third-order valence-electron chi connectivity index (χ3n) is 11.0. The van der Waals surface area contributed by atoms with Crippen LogP contribution in [-0.4, -0.2) is 51.6 Å². The van der Waals surface area contributed by atoms with Gasteiger partial charge in [0.15, 0.2) is 0 Å². The molecule has 2 saturated carbocycles. The van der Waals surface area contributed by atoms with Crippen LogP contribution in [0.2, 0.25) is 0 Å². The maximum absolute atomic E-state index is 11.7. The lowest BCUT2D eigenvalue weighted by atomic mass is 9.77. The van der Waals surface area contributed by atoms with Gasteiger partial charge in [0.2, 0.25) is 5.95 Å². The van der Waals surface area contributed by atoms with Crippen molar-refractivity contribution in [2.24, 2.45) is 17.8 Å². The Kier molecular flexibility index (Phi) is 9.33. The molecule has 0 amide bonds. The molecule has 1 saturated heterocycles. The first-order valence-electron chi connectivity index (χ1n) is 17.6. The molecule has 0 radical (unpaired) electrons. The van der Waals surface area contributed by atoms with Gasteiger partial charge in [0.25, 0.3) is 0 Å². The summed E-state index contributed by atoms with van der Waals surface area (Å²) < 4.78 is 0. The number of carboxylic acid groups (broad SMARTS) is 1. The first-order valence-corrected chi connectivity index (χ1v) is 17.6. The Bertz CT molecular complexity index is 1410. The lowest BCUT2D eigenvalue weighted by Crippen LogP contribution is -2.35. The van der Waals surface area contributed by atoms with E-state index in [2.05, 4.69) is 76.2 Å². The van der Waals surface area contributed by atoms with Crippen LogP contribution in [0.3, 0.4) is 0 Å². The summed E-state index contributed by atoms with van der Waals surface area (Å²) in [5.41, 5.74) is 5.14. The molecule has 45 heavy (non-hydrogen) atoms. The van der Waals surface area contributed by atoms with E-state index in [-0.39, 0.29) is 18.0 Å². The van der Waals surface area contributed by atoms with E-state index >= 15 is 0 Å². The average molecular weight is 608 g/mol. The lowest BCUT2D eigenvalue weighted by molar-refractivity contribution is -0.143. The minimum absolute atomic E-state index is 0.141. The second-order valence-corrected chi connectivity index (χ2v) is 14.2. The molecule has 2 unspecified atom stereocenters. The number of benzene rings is 2. The van der Waals surface area contributed by atoms with Crippen molar-refractivity contribution >= 4 is 17.7 Å². The third kappa shape index (κ3) is 7.51. The Labute approximate surface area is 268 Å².